The molecule has 0 amide bonds. The SMILES string of the molecule is Nc1cc[nH]c(=O)n1.Nc1nc2[nH]cnc2c(=O)[nH]1.Nc1ncnc2[nH]cnc12. The monoisotopic (exact) mass is 397 g/mol. The van der Waals surface area contributed by atoms with Gasteiger partial charge in [0.1, 0.15) is 17.7 Å². The third-order valence-corrected chi connectivity index (χ3v) is 3.25. The zero-order valence-electron chi connectivity index (χ0n) is 14.6. The summed E-state index contributed by atoms with van der Waals surface area (Å²) in [5.74, 6) is 0.742. The fourth-order valence-electron chi connectivity index (χ4n) is 2.03. The minimum atomic E-state index is -0.412. The van der Waals surface area contributed by atoms with E-state index in [4.69, 9.17) is 17.2 Å². The molecule has 0 aliphatic carbocycles. The second-order valence-corrected chi connectivity index (χ2v) is 5.23. The molecule has 5 aromatic heterocycles. The Labute approximate surface area is 159 Å². The third kappa shape index (κ3) is 4.67. The van der Waals surface area contributed by atoms with Crippen molar-refractivity contribution in [2.24, 2.45) is 0 Å². The molecular formula is C14H15N13O2. The Hall–Kier alpha value is -4.82. The van der Waals surface area contributed by atoms with E-state index >= 15 is 0 Å². The summed E-state index contributed by atoms with van der Waals surface area (Å²) in [4.78, 5) is 53.8. The van der Waals surface area contributed by atoms with Crippen LogP contribution in [0.25, 0.3) is 22.3 Å². The van der Waals surface area contributed by atoms with Crippen molar-refractivity contribution in [2.45, 2.75) is 0 Å². The Morgan fingerprint density at radius 1 is 0.793 bits per heavy atom. The second kappa shape index (κ2) is 8.25. The van der Waals surface area contributed by atoms with Crippen LogP contribution in [0.4, 0.5) is 17.6 Å². The molecule has 148 valence electrons. The van der Waals surface area contributed by atoms with Gasteiger partial charge >= 0.3 is 5.69 Å². The first-order chi connectivity index (χ1) is 13.9. The summed E-state index contributed by atoms with van der Waals surface area (Å²) in [6, 6.07) is 1.52. The highest BCUT2D eigenvalue weighted by Gasteiger charge is 2.02. The molecule has 10 N–H and O–H groups in total. The summed E-state index contributed by atoms with van der Waals surface area (Å²) < 4.78 is 0. The molecule has 0 aliphatic rings. The molecule has 5 heterocycles. The zero-order chi connectivity index (χ0) is 20.8. The highest BCUT2D eigenvalue weighted by Crippen LogP contribution is 2.09. The second-order valence-electron chi connectivity index (χ2n) is 5.23. The van der Waals surface area contributed by atoms with Crippen molar-refractivity contribution in [3.8, 4) is 0 Å². The van der Waals surface area contributed by atoms with Crippen molar-refractivity contribution in [2.75, 3.05) is 17.2 Å². The van der Waals surface area contributed by atoms with Crippen molar-refractivity contribution < 1.29 is 0 Å². The minimum absolute atomic E-state index is 0.0896. The van der Waals surface area contributed by atoms with Gasteiger partial charge in [0, 0.05) is 6.20 Å². The molecule has 0 saturated heterocycles. The van der Waals surface area contributed by atoms with Gasteiger partial charge in [-0.25, -0.2) is 24.7 Å². The average molecular weight is 397 g/mol. The standard InChI is InChI=1S/C5H5N5O.C5H5N5.C4H5N3O/c6-5-9-3-2(4(11)10-5)7-1-8-3;6-4-3-5(9-1-7-3)10-2-8-4;5-3-1-2-6-4(8)7-3/h1H,(H4,6,7,8,9,10,11);1-2H,(H3,6,7,8,9,10);1-2H,(H3,5,6,7,8). The van der Waals surface area contributed by atoms with E-state index in [9.17, 15) is 9.59 Å². The number of rotatable bonds is 0. The topological polar surface area (TPSA) is 253 Å². The smallest absolute Gasteiger partial charge is 0.346 e. The van der Waals surface area contributed by atoms with Crippen molar-refractivity contribution in [1.82, 2.24) is 49.8 Å². The maximum atomic E-state index is 11.0. The molecular weight excluding hydrogens is 382 g/mol. The fourth-order valence-corrected chi connectivity index (χ4v) is 2.03. The number of hydrogen-bond acceptors (Lipinski definition) is 11. The van der Waals surface area contributed by atoms with Crippen LogP contribution in [-0.4, -0.2) is 49.8 Å². The van der Waals surface area contributed by atoms with E-state index in [-0.39, 0.29) is 22.8 Å². The van der Waals surface area contributed by atoms with Gasteiger partial charge in [-0.1, -0.05) is 0 Å². The molecule has 5 aromatic rings. The van der Waals surface area contributed by atoms with Gasteiger partial charge in [-0.3, -0.25) is 9.78 Å². The average Bonchev–Trinajstić information content (AvgIpc) is 3.32. The Kier molecular flexibility index (Phi) is 5.39. The molecule has 5 rings (SSSR count). The molecule has 29 heavy (non-hydrogen) atoms. The van der Waals surface area contributed by atoms with Crippen LogP contribution in [0.5, 0.6) is 0 Å². The Morgan fingerprint density at radius 2 is 1.52 bits per heavy atom. The highest BCUT2D eigenvalue weighted by molar-refractivity contribution is 5.80. The van der Waals surface area contributed by atoms with E-state index in [0.717, 1.165) is 0 Å². The lowest BCUT2D eigenvalue weighted by atomic mass is 10.5. The summed E-state index contributed by atoms with van der Waals surface area (Å²) >= 11 is 0. The quantitative estimate of drug-likeness (QED) is 0.158. The number of nitrogen functional groups attached to an aromatic ring is 3. The fraction of sp³-hybridized carbons (Fsp3) is 0. The van der Waals surface area contributed by atoms with Crippen LogP contribution in [0.2, 0.25) is 0 Å². The van der Waals surface area contributed by atoms with Crippen molar-refractivity contribution in [3.63, 3.8) is 0 Å². The Morgan fingerprint density at radius 3 is 2.17 bits per heavy atom. The van der Waals surface area contributed by atoms with Crippen molar-refractivity contribution in [3.05, 3.63) is 52.1 Å². The lowest BCUT2D eigenvalue weighted by molar-refractivity contribution is 1.08. The number of hydrogen-bond donors (Lipinski definition) is 7. The molecule has 0 unspecified atom stereocenters. The van der Waals surface area contributed by atoms with Gasteiger partial charge < -0.3 is 32.2 Å². The lowest BCUT2D eigenvalue weighted by Gasteiger charge is -1.89. The first-order valence-corrected chi connectivity index (χ1v) is 7.83. The zero-order valence-corrected chi connectivity index (χ0v) is 14.6. The lowest BCUT2D eigenvalue weighted by Crippen LogP contribution is -2.10. The van der Waals surface area contributed by atoms with Gasteiger partial charge in [0.15, 0.2) is 22.6 Å². The van der Waals surface area contributed by atoms with Crippen LogP contribution in [0.3, 0.4) is 0 Å². The molecule has 0 atom stereocenters. The van der Waals surface area contributed by atoms with E-state index in [1.165, 1.54) is 31.2 Å². The van der Waals surface area contributed by atoms with Crippen molar-refractivity contribution >= 4 is 39.9 Å². The highest BCUT2D eigenvalue weighted by atomic mass is 16.1. The number of nitrogens with zero attached hydrogens (tertiary/aromatic N) is 6. The van der Waals surface area contributed by atoms with Crippen LogP contribution in [0.15, 0.2) is 40.8 Å². The first kappa shape index (κ1) is 19.0. The molecule has 0 aromatic carbocycles. The van der Waals surface area contributed by atoms with Crippen LogP contribution < -0.4 is 28.5 Å². The molecule has 15 nitrogen and oxygen atoms in total. The molecule has 0 saturated carbocycles. The Bertz CT molecular complexity index is 1350. The molecule has 0 aliphatic heterocycles. The van der Waals surface area contributed by atoms with Gasteiger partial charge in [0.2, 0.25) is 5.95 Å². The summed E-state index contributed by atoms with van der Waals surface area (Å²) in [7, 11) is 0. The van der Waals surface area contributed by atoms with Crippen LogP contribution in [0.1, 0.15) is 0 Å². The maximum Gasteiger partial charge on any atom is 0.346 e. The van der Waals surface area contributed by atoms with E-state index in [1.807, 2.05) is 0 Å². The van der Waals surface area contributed by atoms with Gasteiger partial charge in [-0.2, -0.15) is 9.97 Å². The van der Waals surface area contributed by atoms with E-state index in [2.05, 4.69) is 49.8 Å². The minimum Gasteiger partial charge on any atom is -0.383 e. The summed E-state index contributed by atoms with van der Waals surface area (Å²) in [5, 5.41) is 0. The van der Waals surface area contributed by atoms with Crippen LogP contribution in [0, 0.1) is 0 Å². The van der Waals surface area contributed by atoms with E-state index in [1.54, 1.807) is 0 Å². The maximum absolute atomic E-state index is 11.0. The molecule has 0 bridgehead atoms. The number of aromatic nitrogens is 10. The van der Waals surface area contributed by atoms with Gasteiger partial charge in [0.05, 0.1) is 12.7 Å². The number of imidazole rings is 2. The summed E-state index contributed by atoms with van der Waals surface area (Å²) in [6.07, 6.45) is 5.78. The van der Waals surface area contributed by atoms with Crippen LogP contribution in [-0.2, 0) is 0 Å². The van der Waals surface area contributed by atoms with Gasteiger partial charge in [-0.05, 0) is 6.07 Å². The number of nitrogens with two attached hydrogens (primary N) is 3. The molecule has 0 radical (unpaired) electrons. The first-order valence-electron chi connectivity index (χ1n) is 7.83. The predicted molar refractivity (Wildman–Crippen MR) is 104 cm³/mol. The molecule has 0 spiro atoms. The summed E-state index contributed by atoms with van der Waals surface area (Å²) in [6.45, 7) is 0. The van der Waals surface area contributed by atoms with Crippen LogP contribution >= 0.6 is 0 Å². The number of H-pyrrole nitrogens is 4. The number of aromatic amines is 4. The molecule has 0 fully saturated rings. The Balaban J connectivity index is 0.000000126. The van der Waals surface area contributed by atoms with Gasteiger partial charge in [0.25, 0.3) is 5.56 Å². The van der Waals surface area contributed by atoms with E-state index < -0.39 is 5.69 Å². The predicted octanol–water partition coefficient (Wildman–Crippen LogP) is -1.48. The van der Waals surface area contributed by atoms with Gasteiger partial charge in [-0.15, -0.1) is 0 Å². The van der Waals surface area contributed by atoms with E-state index in [0.29, 0.717) is 22.6 Å². The largest absolute Gasteiger partial charge is 0.383 e. The number of fused-ring (bicyclic) bond motifs is 2. The molecule has 15 heteroatoms. The number of anilines is 3. The third-order valence-electron chi connectivity index (χ3n) is 3.25. The van der Waals surface area contributed by atoms with Crippen molar-refractivity contribution in [1.29, 1.82) is 0 Å². The number of nitrogens with one attached hydrogen (secondary N) is 4. The summed E-state index contributed by atoms with van der Waals surface area (Å²) in [5.41, 5.74) is 17.1. The normalized spacial score (nSPS) is 10.1.